The summed E-state index contributed by atoms with van der Waals surface area (Å²) in [6.45, 7) is 3.81. The molecule has 0 saturated heterocycles. The molecule has 0 saturated carbocycles. The van der Waals surface area contributed by atoms with Crippen molar-refractivity contribution in [2.45, 2.75) is 13.8 Å². The fourth-order valence-corrected chi connectivity index (χ4v) is 2.95. The molecule has 1 aromatic carbocycles. The third-order valence-corrected chi connectivity index (χ3v) is 4.44. The molecule has 0 atom stereocenters. The molecule has 0 spiro atoms. The normalized spacial score (nSPS) is 10.8. The van der Waals surface area contributed by atoms with Crippen LogP contribution in [0.5, 0.6) is 0 Å². The van der Waals surface area contributed by atoms with Crippen LogP contribution >= 0.6 is 11.3 Å². The molecular formula is C20H22N2O4S. The minimum atomic E-state index is -0.680. The summed E-state index contributed by atoms with van der Waals surface area (Å²) in [5.74, 6) is -1.06. The first-order valence-electron chi connectivity index (χ1n) is 8.52. The van der Waals surface area contributed by atoms with Crippen LogP contribution in [0.1, 0.15) is 18.7 Å². The van der Waals surface area contributed by atoms with Gasteiger partial charge in [-0.25, -0.2) is 9.59 Å². The minimum absolute atomic E-state index is 0.272. The van der Waals surface area contributed by atoms with Gasteiger partial charge in [-0.2, -0.15) is 0 Å². The molecule has 0 radical (unpaired) electrons. The Morgan fingerprint density at radius 3 is 2.56 bits per heavy atom. The topological polar surface area (TPSA) is 84.5 Å². The highest BCUT2D eigenvalue weighted by Gasteiger charge is 2.10. The number of nitrogens with one attached hydrogen (secondary N) is 2. The monoisotopic (exact) mass is 386 g/mol. The molecule has 2 rings (SSSR count). The predicted octanol–water partition coefficient (Wildman–Crippen LogP) is 3.45. The van der Waals surface area contributed by atoms with Gasteiger partial charge in [0.25, 0.3) is 5.91 Å². The third kappa shape index (κ3) is 7.45. The molecule has 1 heterocycles. The van der Waals surface area contributed by atoms with Gasteiger partial charge >= 0.3 is 12.0 Å². The summed E-state index contributed by atoms with van der Waals surface area (Å²) in [6, 6.07) is 13.2. The summed E-state index contributed by atoms with van der Waals surface area (Å²) in [6.07, 6.45) is 2.89. The van der Waals surface area contributed by atoms with E-state index in [1.54, 1.807) is 17.4 Å². The Hall–Kier alpha value is -2.93. The van der Waals surface area contributed by atoms with E-state index in [1.807, 2.05) is 56.3 Å². The standard InChI is InChI=1S/C20H22N2O4S/c1-14(2)12-21-20(25)22-18(23)13-26-19(24)11-9-16-8-10-17(27-16)15-6-4-3-5-7-15/h3-11,14H,12-13H2,1-2H3,(H2,21,22,23,25)/b11-9+. The van der Waals surface area contributed by atoms with E-state index in [0.717, 1.165) is 15.3 Å². The Labute approximate surface area is 162 Å². The Kier molecular flexibility index (Phi) is 7.76. The molecule has 0 fully saturated rings. The van der Waals surface area contributed by atoms with Gasteiger partial charge in [0, 0.05) is 22.4 Å². The van der Waals surface area contributed by atoms with Crippen molar-refractivity contribution >= 4 is 35.3 Å². The van der Waals surface area contributed by atoms with Crippen molar-refractivity contribution in [3.63, 3.8) is 0 Å². The third-order valence-electron chi connectivity index (χ3n) is 3.34. The van der Waals surface area contributed by atoms with Crippen LogP contribution in [-0.2, 0) is 14.3 Å². The number of ether oxygens (including phenoxy) is 1. The molecule has 27 heavy (non-hydrogen) atoms. The van der Waals surface area contributed by atoms with Gasteiger partial charge in [0.15, 0.2) is 6.61 Å². The number of carbonyl (C=O) groups is 3. The van der Waals surface area contributed by atoms with Gasteiger partial charge in [-0.05, 0) is 29.7 Å². The van der Waals surface area contributed by atoms with Gasteiger partial charge in [0.1, 0.15) is 0 Å². The first-order valence-corrected chi connectivity index (χ1v) is 9.33. The Bertz CT molecular complexity index is 812. The van der Waals surface area contributed by atoms with Crippen LogP contribution in [0.25, 0.3) is 16.5 Å². The summed E-state index contributed by atoms with van der Waals surface area (Å²) < 4.78 is 4.83. The van der Waals surface area contributed by atoms with Crippen molar-refractivity contribution in [1.29, 1.82) is 0 Å². The molecule has 0 aliphatic heterocycles. The van der Waals surface area contributed by atoms with Crippen molar-refractivity contribution in [2.24, 2.45) is 5.92 Å². The van der Waals surface area contributed by atoms with Crippen molar-refractivity contribution in [1.82, 2.24) is 10.6 Å². The Morgan fingerprint density at radius 1 is 1.11 bits per heavy atom. The molecule has 7 heteroatoms. The maximum atomic E-state index is 11.7. The lowest BCUT2D eigenvalue weighted by atomic mass is 10.2. The zero-order valence-corrected chi connectivity index (χ0v) is 16.0. The molecule has 0 aliphatic carbocycles. The minimum Gasteiger partial charge on any atom is -0.452 e. The Balaban J connectivity index is 1.76. The van der Waals surface area contributed by atoms with Gasteiger partial charge in [-0.3, -0.25) is 10.1 Å². The van der Waals surface area contributed by atoms with E-state index in [9.17, 15) is 14.4 Å². The molecule has 3 amide bonds. The quantitative estimate of drug-likeness (QED) is 0.564. The molecule has 2 N–H and O–H groups in total. The highest BCUT2D eigenvalue weighted by Crippen LogP contribution is 2.28. The number of imide groups is 1. The lowest BCUT2D eigenvalue weighted by molar-refractivity contribution is -0.143. The van der Waals surface area contributed by atoms with Crippen molar-refractivity contribution in [2.75, 3.05) is 13.2 Å². The molecule has 6 nitrogen and oxygen atoms in total. The lowest BCUT2D eigenvalue weighted by Gasteiger charge is -2.08. The highest BCUT2D eigenvalue weighted by atomic mass is 32.1. The second-order valence-corrected chi connectivity index (χ2v) is 7.28. The van der Waals surface area contributed by atoms with Crippen molar-refractivity contribution in [3.05, 3.63) is 53.4 Å². The molecule has 2 aromatic rings. The van der Waals surface area contributed by atoms with Gasteiger partial charge in [0.05, 0.1) is 0 Å². The average molecular weight is 386 g/mol. The number of thiophene rings is 1. The van der Waals surface area contributed by atoms with Gasteiger partial charge in [-0.1, -0.05) is 44.2 Å². The molecule has 1 aromatic heterocycles. The second-order valence-electron chi connectivity index (χ2n) is 6.16. The first kappa shape index (κ1) is 20.4. The van der Waals surface area contributed by atoms with Crippen LogP contribution in [0.2, 0.25) is 0 Å². The molecule has 0 aliphatic rings. The summed E-state index contributed by atoms with van der Waals surface area (Å²) in [4.78, 5) is 36.7. The SMILES string of the molecule is CC(C)CNC(=O)NC(=O)COC(=O)/C=C/c1ccc(-c2ccccc2)s1. The number of esters is 1. The number of hydrogen-bond donors (Lipinski definition) is 2. The van der Waals surface area contributed by atoms with E-state index < -0.39 is 24.5 Å². The summed E-state index contributed by atoms with van der Waals surface area (Å²) >= 11 is 1.54. The number of amides is 3. The van der Waals surface area contributed by atoms with Gasteiger partial charge in [-0.15, -0.1) is 11.3 Å². The summed E-state index contributed by atoms with van der Waals surface area (Å²) in [7, 11) is 0. The fourth-order valence-electron chi connectivity index (χ4n) is 2.04. The zero-order valence-electron chi connectivity index (χ0n) is 15.2. The van der Waals surface area contributed by atoms with Gasteiger partial charge in [0.2, 0.25) is 0 Å². The molecule has 0 bridgehead atoms. The molecular weight excluding hydrogens is 364 g/mol. The number of benzene rings is 1. The smallest absolute Gasteiger partial charge is 0.331 e. The van der Waals surface area contributed by atoms with Crippen LogP contribution in [0, 0.1) is 5.92 Å². The molecule has 142 valence electrons. The maximum absolute atomic E-state index is 11.7. The Morgan fingerprint density at radius 2 is 1.85 bits per heavy atom. The van der Waals surface area contributed by atoms with Crippen LogP contribution in [-0.4, -0.2) is 31.1 Å². The fraction of sp³-hybridized carbons (Fsp3) is 0.250. The van der Waals surface area contributed by atoms with Crippen LogP contribution in [0.3, 0.4) is 0 Å². The van der Waals surface area contributed by atoms with E-state index in [0.29, 0.717) is 6.54 Å². The van der Waals surface area contributed by atoms with E-state index in [1.165, 1.54) is 6.08 Å². The highest BCUT2D eigenvalue weighted by molar-refractivity contribution is 7.16. The number of hydrogen-bond acceptors (Lipinski definition) is 5. The van der Waals surface area contributed by atoms with E-state index in [4.69, 9.17) is 4.74 Å². The predicted molar refractivity (Wildman–Crippen MR) is 106 cm³/mol. The van der Waals surface area contributed by atoms with Crippen LogP contribution < -0.4 is 10.6 Å². The summed E-state index contributed by atoms with van der Waals surface area (Å²) in [5.41, 5.74) is 1.11. The van der Waals surface area contributed by atoms with Crippen molar-refractivity contribution in [3.8, 4) is 10.4 Å². The largest absolute Gasteiger partial charge is 0.452 e. The van der Waals surface area contributed by atoms with Crippen molar-refractivity contribution < 1.29 is 19.1 Å². The first-order chi connectivity index (χ1) is 12.9. The number of rotatable bonds is 7. The number of urea groups is 1. The zero-order chi connectivity index (χ0) is 19.6. The second kappa shape index (κ2) is 10.3. The van der Waals surface area contributed by atoms with E-state index in [-0.39, 0.29) is 5.92 Å². The van der Waals surface area contributed by atoms with Gasteiger partial charge < -0.3 is 10.1 Å². The number of carbonyl (C=O) groups excluding carboxylic acids is 3. The average Bonchev–Trinajstić information content (AvgIpc) is 3.13. The molecule has 0 unspecified atom stereocenters. The van der Waals surface area contributed by atoms with Crippen LogP contribution in [0.4, 0.5) is 4.79 Å². The van der Waals surface area contributed by atoms with Crippen LogP contribution in [0.15, 0.2) is 48.5 Å². The lowest BCUT2D eigenvalue weighted by Crippen LogP contribution is -2.42. The maximum Gasteiger partial charge on any atom is 0.331 e. The van der Waals surface area contributed by atoms with E-state index in [2.05, 4.69) is 10.6 Å². The summed E-state index contributed by atoms with van der Waals surface area (Å²) in [5, 5.41) is 4.64. The van der Waals surface area contributed by atoms with E-state index >= 15 is 0 Å².